The fourth-order valence-electron chi connectivity index (χ4n) is 1.74. The molecular formula is C14H18N4O. The van der Waals surface area contributed by atoms with Crippen molar-refractivity contribution in [2.75, 3.05) is 0 Å². The smallest absolute Gasteiger partial charge is 0.271 e. The Balaban J connectivity index is 1.93. The molecule has 1 aromatic heterocycles. The summed E-state index contributed by atoms with van der Waals surface area (Å²) in [4.78, 5) is 15.8. The van der Waals surface area contributed by atoms with Gasteiger partial charge in [0.15, 0.2) is 0 Å². The molecule has 0 saturated carbocycles. The van der Waals surface area contributed by atoms with Crippen molar-refractivity contribution in [1.29, 1.82) is 0 Å². The summed E-state index contributed by atoms with van der Waals surface area (Å²) < 4.78 is 1.74. The Morgan fingerprint density at radius 3 is 2.63 bits per heavy atom. The van der Waals surface area contributed by atoms with Crippen LogP contribution in [0.2, 0.25) is 0 Å². The molecule has 100 valence electrons. The summed E-state index contributed by atoms with van der Waals surface area (Å²) in [5.74, 6) is -0.170. The first kappa shape index (κ1) is 13.3. The zero-order valence-electron chi connectivity index (χ0n) is 11.1. The largest absolute Gasteiger partial charge is 0.347 e. The second-order valence-electron chi connectivity index (χ2n) is 4.64. The van der Waals surface area contributed by atoms with Crippen LogP contribution in [0.4, 0.5) is 0 Å². The highest BCUT2D eigenvalue weighted by Crippen LogP contribution is 2.10. The van der Waals surface area contributed by atoms with Gasteiger partial charge < -0.3 is 15.6 Å². The molecular weight excluding hydrogens is 240 g/mol. The van der Waals surface area contributed by atoms with Gasteiger partial charge in [-0.1, -0.05) is 24.3 Å². The number of hydrogen-bond donors (Lipinski definition) is 2. The van der Waals surface area contributed by atoms with Gasteiger partial charge >= 0.3 is 0 Å². The van der Waals surface area contributed by atoms with E-state index in [2.05, 4.69) is 10.3 Å². The molecule has 5 nitrogen and oxygen atoms in total. The van der Waals surface area contributed by atoms with Crippen molar-refractivity contribution in [2.45, 2.75) is 19.5 Å². The Morgan fingerprint density at radius 1 is 1.42 bits per heavy atom. The minimum absolute atomic E-state index is 0.0251. The average Bonchev–Trinajstić information content (AvgIpc) is 2.83. The molecule has 1 unspecified atom stereocenters. The Labute approximate surface area is 112 Å². The zero-order valence-corrected chi connectivity index (χ0v) is 11.1. The summed E-state index contributed by atoms with van der Waals surface area (Å²) in [7, 11) is 1.83. The molecule has 0 aliphatic rings. The van der Waals surface area contributed by atoms with E-state index in [1.165, 1.54) is 0 Å². The third-order valence-electron chi connectivity index (χ3n) is 2.90. The van der Waals surface area contributed by atoms with Gasteiger partial charge in [0.2, 0.25) is 0 Å². The summed E-state index contributed by atoms with van der Waals surface area (Å²) in [6.45, 7) is 2.42. The van der Waals surface area contributed by atoms with Crippen molar-refractivity contribution < 1.29 is 4.79 Å². The maximum absolute atomic E-state index is 11.8. The number of amides is 1. The van der Waals surface area contributed by atoms with E-state index in [9.17, 15) is 4.79 Å². The van der Waals surface area contributed by atoms with Gasteiger partial charge in [-0.15, -0.1) is 0 Å². The molecule has 0 radical (unpaired) electrons. The molecule has 5 heteroatoms. The van der Waals surface area contributed by atoms with Crippen LogP contribution >= 0.6 is 0 Å². The average molecular weight is 258 g/mol. The normalized spacial score (nSPS) is 12.2. The Hall–Kier alpha value is -2.14. The van der Waals surface area contributed by atoms with Crippen LogP contribution in [0.1, 0.15) is 34.6 Å². The molecule has 2 aromatic rings. The fourth-order valence-corrected chi connectivity index (χ4v) is 1.74. The number of nitrogens with one attached hydrogen (secondary N) is 1. The van der Waals surface area contributed by atoms with Gasteiger partial charge in [0.25, 0.3) is 5.91 Å². The van der Waals surface area contributed by atoms with E-state index in [1.807, 2.05) is 38.2 Å². The summed E-state index contributed by atoms with van der Waals surface area (Å²) in [6.07, 6.45) is 3.29. The Morgan fingerprint density at radius 2 is 2.11 bits per heavy atom. The standard InChI is InChI=1S/C14H18N4O/c1-10(15)12-5-3-11(4-6-12)7-16-14(19)13-8-18(2)9-17-13/h3-6,8-10H,7,15H2,1-2H3,(H,16,19). The Bertz CT molecular complexity index is 557. The maximum atomic E-state index is 11.8. The summed E-state index contributed by atoms with van der Waals surface area (Å²) in [5.41, 5.74) is 8.33. The molecule has 0 saturated heterocycles. The predicted octanol–water partition coefficient (Wildman–Crippen LogP) is 1.37. The third-order valence-corrected chi connectivity index (χ3v) is 2.90. The van der Waals surface area contributed by atoms with Gasteiger partial charge in [-0.2, -0.15) is 0 Å². The monoisotopic (exact) mass is 258 g/mol. The van der Waals surface area contributed by atoms with Crippen molar-refractivity contribution in [3.8, 4) is 0 Å². The predicted molar refractivity (Wildman–Crippen MR) is 73.4 cm³/mol. The van der Waals surface area contributed by atoms with Crippen molar-refractivity contribution >= 4 is 5.91 Å². The first-order valence-electron chi connectivity index (χ1n) is 6.17. The van der Waals surface area contributed by atoms with Crippen LogP contribution in [0, 0.1) is 0 Å². The molecule has 1 aromatic carbocycles. The van der Waals surface area contributed by atoms with Crippen molar-refractivity contribution in [3.05, 3.63) is 53.6 Å². The molecule has 0 aliphatic carbocycles. The van der Waals surface area contributed by atoms with Crippen molar-refractivity contribution in [2.24, 2.45) is 12.8 Å². The van der Waals surface area contributed by atoms with Gasteiger partial charge in [0.1, 0.15) is 5.69 Å². The number of imidazole rings is 1. The molecule has 0 aliphatic heterocycles. The number of aromatic nitrogens is 2. The number of nitrogens with zero attached hydrogens (tertiary/aromatic N) is 2. The van der Waals surface area contributed by atoms with Crippen LogP contribution in [0.3, 0.4) is 0 Å². The molecule has 1 heterocycles. The van der Waals surface area contributed by atoms with Crippen molar-refractivity contribution in [3.63, 3.8) is 0 Å². The third kappa shape index (κ3) is 3.42. The van der Waals surface area contributed by atoms with Crippen LogP contribution in [-0.4, -0.2) is 15.5 Å². The fraction of sp³-hybridized carbons (Fsp3) is 0.286. The van der Waals surface area contributed by atoms with Crippen LogP contribution in [0.15, 0.2) is 36.8 Å². The first-order chi connectivity index (χ1) is 9.06. The number of nitrogens with two attached hydrogens (primary N) is 1. The lowest BCUT2D eigenvalue weighted by Crippen LogP contribution is -2.23. The molecule has 3 N–H and O–H groups in total. The number of rotatable bonds is 4. The van der Waals surface area contributed by atoms with Gasteiger partial charge in [0, 0.05) is 25.8 Å². The minimum atomic E-state index is -0.170. The number of aryl methyl sites for hydroxylation is 1. The van der Waals surface area contributed by atoms with E-state index in [1.54, 1.807) is 17.1 Å². The first-order valence-corrected chi connectivity index (χ1v) is 6.17. The van der Waals surface area contributed by atoms with Gasteiger partial charge in [0.05, 0.1) is 6.33 Å². The number of hydrogen-bond acceptors (Lipinski definition) is 3. The van der Waals surface area contributed by atoms with E-state index in [0.29, 0.717) is 12.2 Å². The number of benzene rings is 1. The number of carbonyl (C=O) groups is 1. The van der Waals surface area contributed by atoms with E-state index >= 15 is 0 Å². The van der Waals surface area contributed by atoms with Crippen LogP contribution in [-0.2, 0) is 13.6 Å². The second-order valence-corrected chi connectivity index (χ2v) is 4.64. The Kier molecular flexibility index (Phi) is 3.97. The summed E-state index contributed by atoms with van der Waals surface area (Å²) in [6, 6.07) is 7.92. The highest BCUT2D eigenvalue weighted by molar-refractivity contribution is 5.91. The quantitative estimate of drug-likeness (QED) is 0.870. The van der Waals surface area contributed by atoms with Crippen LogP contribution < -0.4 is 11.1 Å². The topological polar surface area (TPSA) is 72.9 Å². The van der Waals surface area contributed by atoms with E-state index in [-0.39, 0.29) is 11.9 Å². The van der Waals surface area contributed by atoms with Gasteiger partial charge in [-0.05, 0) is 18.1 Å². The van der Waals surface area contributed by atoms with E-state index in [0.717, 1.165) is 11.1 Å². The highest BCUT2D eigenvalue weighted by atomic mass is 16.1. The lowest BCUT2D eigenvalue weighted by atomic mass is 10.1. The van der Waals surface area contributed by atoms with Crippen molar-refractivity contribution in [1.82, 2.24) is 14.9 Å². The maximum Gasteiger partial charge on any atom is 0.271 e. The minimum Gasteiger partial charge on any atom is -0.347 e. The van der Waals surface area contributed by atoms with E-state index < -0.39 is 0 Å². The molecule has 0 spiro atoms. The van der Waals surface area contributed by atoms with Gasteiger partial charge in [-0.3, -0.25) is 4.79 Å². The number of carbonyl (C=O) groups excluding carboxylic acids is 1. The molecule has 2 rings (SSSR count). The van der Waals surface area contributed by atoms with Crippen LogP contribution in [0.5, 0.6) is 0 Å². The molecule has 1 amide bonds. The zero-order chi connectivity index (χ0) is 13.8. The lowest BCUT2D eigenvalue weighted by molar-refractivity contribution is 0.0946. The van der Waals surface area contributed by atoms with Crippen LogP contribution in [0.25, 0.3) is 0 Å². The van der Waals surface area contributed by atoms with Gasteiger partial charge in [-0.25, -0.2) is 4.98 Å². The lowest BCUT2D eigenvalue weighted by Gasteiger charge is -2.07. The molecule has 1 atom stereocenters. The molecule has 0 fully saturated rings. The highest BCUT2D eigenvalue weighted by Gasteiger charge is 2.08. The molecule has 19 heavy (non-hydrogen) atoms. The second kappa shape index (κ2) is 5.67. The van der Waals surface area contributed by atoms with E-state index in [4.69, 9.17) is 5.73 Å². The molecule has 0 bridgehead atoms. The summed E-state index contributed by atoms with van der Waals surface area (Å²) in [5, 5.41) is 2.83. The SMILES string of the molecule is CC(N)c1ccc(CNC(=O)c2cn(C)cn2)cc1. The summed E-state index contributed by atoms with van der Waals surface area (Å²) >= 11 is 0.